The molecule has 56 heavy (non-hydrogen) atoms. The molecular weight excluding hydrogens is 738 g/mol. The molecule has 13 nitrogen and oxygen atoms in total. The maximum absolute atomic E-state index is 14.7. The van der Waals surface area contributed by atoms with Crippen molar-refractivity contribution in [2.45, 2.75) is 109 Å². The Balaban J connectivity index is 1.33. The summed E-state index contributed by atoms with van der Waals surface area (Å²) in [4.78, 5) is 76.6. The largest absolute Gasteiger partial charge is 0.493 e. The van der Waals surface area contributed by atoms with Crippen LogP contribution in [0.5, 0.6) is 11.5 Å². The van der Waals surface area contributed by atoms with Crippen molar-refractivity contribution in [3.8, 4) is 11.5 Å². The monoisotopic (exact) mass is 793 g/mol. The van der Waals surface area contributed by atoms with Gasteiger partial charge in [-0.15, -0.1) is 0 Å². The Labute approximate surface area is 334 Å². The molecule has 4 amide bonds. The van der Waals surface area contributed by atoms with E-state index in [0.29, 0.717) is 35.1 Å². The van der Waals surface area contributed by atoms with Crippen LogP contribution in [0.2, 0.25) is 5.02 Å². The number of carbonyl (C=O) groups is 5. The average Bonchev–Trinajstić information content (AvgIpc) is 3.78. The summed E-state index contributed by atoms with van der Waals surface area (Å²) in [5.74, 6) is -1.63. The van der Waals surface area contributed by atoms with E-state index in [1.807, 2.05) is 45.9 Å². The fraction of sp³-hybridized carbons (Fsp3) is 0.548. The number of hydrogen-bond donors (Lipinski definition) is 4. The Hall–Kier alpha value is -4.62. The Morgan fingerprint density at radius 1 is 1.02 bits per heavy atom. The third-order valence-electron chi connectivity index (χ3n) is 10.6. The maximum Gasteiger partial charge on any atom is 0.289 e. The second-order valence-electron chi connectivity index (χ2n) is 16.1. The van der Waals surface area contributed by atoms with Crippen LogP contribution in [0.3, 0.4) is 0 Å². The molecule has 0 unspecified atom stereocenters. The van der Waals surface area contributed by atoms with E-state index in [9.17, 15) is 24.0 Å². The minimum absolute atomic E-state index is 0.00879. The number of amides is 4. The number of benzene rings is 2. The number of carbonyl (C=O) groups excluding carboxylic acids is 5. The summed E-state index contributed by atoms with van der Waals surface area (Å²) in [6.45, 7) is 7.57. The molecule has 3 aliphatic rings. The first-order valence-electron chi connectivity index (χ1n) is 19.6. The molecule has 1 saturated carbocycles. The summed E-state index contributed by atoms with van der Waals surface area (Å²) in [6.07, 6.45) is 8.23. The van der Waals surface area contributed by atoms with Crippen LogP contribution in [0.25, 0.3) is 5.70 Å². The topological polar surface area (TPSA) is 164 Å². The zero-order valence-corrected chi connectivity index (χ0v) is 33.8. The highest BCUT2D eigenvalue weighted by Crippen LogP contribution is 2.39. The number of nitrogens with one attached hydrogen (secondary N) is 4. The predicted octanol–water partition coefficient (Wildman–Crippen LogP) is 5.11. The number of hydroxylamine groups is 1. The van der Waals surface area contributed by atoms with Crippen LogP contribution >= 0.6 is 11.6 Å². The molecule has 1 saturated heterocycles. The van der Waals surface area contributed by atoms with Crippen molar-refractivity contribution in [2.24, 2.45) is 11.3 Å². The van der Waals surface area contributed by atoms with Gasteiger partial charge >= 0.3 is 0 Å². The molecule has 4 N–H and O–H groups in total. The lowest BCUT2D eigenvalue weighted by Crippen LogP contribution is -2.59. The summed E-state index contributed by atoms with van der Waals surface area (Å²) in [7, 11) is 1.53. The number of ketones is 1. The quantitative estimate of drug-likeness (QED) is 0.134. The first-order chi connectivity index (χ1) is 26.7. The van der Waals surface area contributed by atoms with Crippen molar-refractivity contribution in [2.75, 3.05) is 26.8 Å². The highest BCUT2D eigenvalue weighted by molar-refractivity contribution is 6.38. The first kappa shape index (κ1) is 42.5. The molecule has 304 valence electrons. The zero-order chi connectivity index (χ0) is 40.5. The summed E-state index contributed by atoms with van der Waals surface area (Å²) < 4.78 is 11.0. The third-order valence-corrected chi connectivity index (χ3v) is 10.8. The van der Waals surface area contributed by atoms with Crippen LogP contribution in [0.15, 0.2) is 54.6 Å². The highest BCUT2D eigenvalue weighted by atomic mass is 35.5. The van der Waals surface area contributed by atoms with E-state index in [0.717, 1.165) is 31.2 Å². The smallest absolute Gasteiger partial charge is 0.289 e. The fourth-order valence-electron chi connectivity index (χ4n) is 7.64. The average molecular weight is 794 g/mol. The van der Waals surface area contributed by atoms with Crippen molar-refractivity contribution in [3.05, 3.63) is 65.2 Å². The Kier molecular flexibility index (Phi) is 14.4. The number of ether oxygens (including phenoxy) is 2. The van der Waals surface area contributed by atoms with Crippen LogP contribution in [-0.2, 0) is 28.8 Å². The van der Waals surface area contributed by atoms with Crippen molar-refractivity contribution in [1.29, 1.82) is 0 Å². The Bertz CT molecular complexity index is 1770. The molecule has 2 heterocycles. The van der Waals surface area contributed by atoms with Crippen molar-refractivity contribution in [1.82, 2.24) is 26.3 Å². The van der Waals surface area contributed by atoms with E-state index in [1.165, 1.54) is 18.4 Å². The normalized spacial score (nSPS) is 20.7. The van der Waals surface area contributed by atoms with Crippen molar-refractivity contribution >= 4 is 46.7 Å². The lowest BCUT2D eigenvalue weighted by atomic mass is 9.84. The second-order valence-corrected chi connectivity index (χ2v) is 16.5. The van der Waals surface area contributed by atoms with Gasteiger partial charge in [-0.05, 0) is 60.9 Å². The van der Waals surface area contributed by atoms with Gasteiger partial charge in [-0.25, -0.2) is 0 Å². The molecule has 0 bridgehead atoms. The lowest BCUT2D eigenvalue weighted by Gasteiger charge is -2.36. The lowest BCUT2D eigenvalue weighted by molar-refractivity contribution is -0.145. The molecule has 2 fully saturated rings. The molecule has 1 spiro atoms. The van der Waals surface area contributed by atoms with Gasteiger partial charge in [0.25, 0.3) is 5.91 Å². The first-order valence-corrected chi connectivity index (χ1v) is 20.0. The third kappa shape index (κ3) is 10.8. The molecular formula is C42H56ClN5O8. The zero-order valence-electron chi connectivity index (χ0n) is 33.1. The van der Waals surface area contributed by atoms with Gasteiger partial charge in [-0.3, -0.25) is 34.3 Å². The SMILES string of the molecule is CCC[C@H](NC(=O)[C@@H]1C[C@]2(C=C(c3cccc(Cl)c3)NO2)CN1C(=O)[C@@H](NC(=O)CC1CCCCC1)C(C)(C)C)C(=O)C(=O)NCCOc1ccccc1OC. The molecule has 0 radical (unpaired) electrons. The van der Waals surface area contributed by atoms with Crippen LogP contribution in [0, 0.1) is 11.3 Å². The molecule has 14 heteroatoms. The Morgan fingerprint density at radius 3 is 2.43 bits per heavy atom. The van der Waals surface area contributed by atoms with E-state index in [4.69, 9.17) is 25.9 Å². The van der Waals surface area contributed by atoms with Gasteiger partial charge < -0.3 is 30.3 Å². The van der Waals surface area contributed by atoms with Gasteiger partial charge in [0.05, 0.1) is 31.9 Å². The van der Waals surface area contributed by atoms with Crippen molar-refractivity contribution in [3.63, 3.8) is 0 Å². The van der Waals surface area contributed by atoms with E-state index in [2.05, 4.69) is 21.4 Å². The summed E-state index contributed by atoms with van der Waals surface area (Å²) in [5, 5.41) is 8.93. The van der Waals surface area contributed by atoms with Crippen molar-refractivity contribution < 1.29 is 38.3 Å². The van der Waals surface area contributed by atoms with Crippen LogP contribution < -0.4 is 30.9 Å². The minimum atomic E-state index is -1.15. The molecule has 2 aliphatic heterocycles. The molecule has 1 aliphatic carbocycles. The number of nitrogens with zero attached hydrogens (tertiary/aromatic N) is 1. The molecule has 5 rings (SSSR count). The number of rotatable bonds is 16. The summed E-state index contributed by atoms with van der Waals surface area (Å²) in [6, 6.07) is 11.1. The number of likely N-dealkylation sites (tertiary alicyclic amines) is 1. The highest BCUT2D eigenvalue weighted by Gasteiger charge is 2.54. The van der Waals surface area contributed by atoms with Gasteiger partial charge in [-0.1, -0.05) is 89.2 Å². The van der Waals surface area contributed by atoms with Gasteiger partial charge in [0.2, 0.25) is 23.5 Å². The Morgan fingerprint density at radius 2 is 1.75 bits per heavy atom. The van der Waals surface area contributed by atoms with E-state index in [1.54, 1.807) is 36.4 Å². The molecule has 0 aromatic heterocycles. The van der Waals surface area contributed by atoms with Gasteiger partial charge in [0, 0.05) is 23.4 Å². The number of Topliss-reactive ketones (excluding diaryl/α,β-unsaturated/α-hetero) is 1. The van der Waals surface area contributed by atoms with E-state index >= 15 is 0 Å². The predicted molar refractivity (Wildman–Crippen MR) is 212 cm³/mol. The van der Waals surface area contributed by atoms with Gasteiger partial charge in [0.15, 0.2) is 11.5 Å². The minimum Gasteiger partial charge on any atom is -0.493 e. The number of hydrogen-bond acceptors (Lipinski definition) is 9. The number of para-hydroxylation sites is 2. The molecule has 4 atom stereocenters. The van der Waals surface area contributed by atoms with E-state index < -0.39 is 52.6 Å². The van der Waals surface area contributed by atoms with Crippen LogP contribution in [-0.4, -0.2) is 84.8 Å². The fourth-order valence-corrected chi connectivity index (χ4v) is 7.83. The summed E-state index contributed by atoms with van der Waals surface area (Å²) >= 11 is 6.28. The van der Waals surface area contributed by atoms with Crippen LogP contribution in [0.4, 0.5) is 0 Å². The van der Waals surface area contributed by atoms with Gasteiger partial charge in [-0.2, -0.15) is 0 Å². The summed E-state index contributed by atoms with van der Waals surface area (Å²) in [5.41, 5.74) is 2.52. The van der Waals surface area contributed by atoms with E-state index in [-0.39, 0.29) is 44.4 Å². The van der Waals surface area contributed by atoms with Crippen LogP contribution in [0.1, 0.15) is 91.0 Å². The second kappa shape index (κ2) is 19.0. The molecule has 2 aromatic rings. The standard InChI is InChI=1S/C42H56ClN5O8/c1-6-13-30(36(50)39(52)44-20-21-55-34-19-11-10-18-33(34)54-5)45-38(51)32-25-42(24-31(47-56-42)28-16-12-17-29(43)23-28)26-48(32)40(53)37(41(2,3)4)46-35(49)22-27-14-8-7-9-15-27/h10-12,16-19,23-24,27,30,32,37,47H,6-9,13-15,20-22,25-26H2,1-5H3,(H,44,52)(H,45,51)(H,46,49)/t30-,32-,37+,42+/m0/s1. The number of methoxy groups -OCH3 is 1. The number of halogens is 1. The maximum atomic E-state index is 14.7. The molecule has 2 aromatic carbocycles. The van der Waals surface area contributed by atoms with Gasteiger partial charge in [0.1, 0.15) is 24.3 Å².